The third-order valence-corrected chi connectivity index (χ3v) is 4.34. The molecule has 3 nitrogen and oxygen atoms in total. The van der Waals surface area contributed by atoms with Crippen molar-refractivity contribution in [2.45, 2.75) is 70.6 Å². The van der Waals surface area contributed by atoms with Crippen LogP contribution in [0, 0.1) is 0 Å². The number of hydrogen-bond acceptors (Lipinski definition) is 4. The highest BCUT2D eigenvalue weighted by atomic mass is 32.1. The summed E-state index contributed by atoms with van der Waals surface area (Å²) < 4.78 is 5.82. The number of rotatable bonds is 3. The molecular weight excluding hydrogens is 244 g/mol. The lowest BCUT2D eigenvalue weighted by atomic mass is 9.93. The summed E-state index contributed by atoms with van der Waals surface area (Å²) in [6.45, 7) is 8.68. The summed E-state index contributed by atoms with van der Waals surface area (Å²) in [4.78, 5) is 4.69. The van der Waals surface area contributed by atoms with Gasteiger partial charge in [0.25, 0.3) is 0 Å². The molecule has 0 bridgehead atoms. The minimum absolute atomic E-state index is 0.0777. The van der Waals surface area contributed by atoms with Crippen LogP contribution < -0.4 is 5.73 Å². The summed E-state index contributed by atoms with van der Waals surface area (Å²) in [5.74, 6) is 0. The van der Waals surface area contributed by atoms with Crippen molar-refractivity contribution in [1.29, 1.82) is 0 Å². The molecule has 0 amide bonds. The second-order valence-electron chi connectivity index (χ2n) is 6.31. The van der Waals surface area contributed by atoms with Gasteiger partial charge in [-0.15, -0.1) is 11.3 Å². The molecule has 2 heterocycles. The first-order chi connectivity index (χ1) is 8.36. The van der Waals surface area contributed by atoms with Gasteiger partial charge >= 0.3 is 0 Å². The van der Waals surface area contributed by atoms with Crippen LogP contribution in [0.5, 0.6) is 0 Å². The summed E-state index contributed by atoms with van der Waals surface area (Å²) in [7, 11) is 0. The first-order valence-corrected chi connectivity index (χ1v) is 7.60. The predicted octanol–water partition coefficient (Wildman–Crippen LogP) is 2.88. The Balaban J connectivity index is 1.95. The molecule has 2 rings (SSSR count). The highest BCUT2D eigenvalue weighted by molar-refractivity contribution is 7.09. The second kappa shape index (κ2) is 5.27. The van der Waals surface area contributed by atoms with Crippen LogP contribution in [-0.4, -0.2) is 23.2 Å². The quantitative estimate of drug-likeness (QED) is 0.917. The minimum atomic E-state index is 0.0777. The molecule has 3 unspecified atom stereocenters. The maximum Gasteiger partial charge on any atom is 0.0944 e. The van der Waals surface area contributed by atoms with E-state index in [-0.39, 0.29) is 17.6 Å². The molecule has 3 atom stereocenters. The first-order valence-electron chi connectivity index (χ1n) is 6.72. The molecule has 0 saturated carbocycles. The average molecular weight is 268 g/mol. The lowest BCUT2D eigenvalue weighted by molar-refractivity contribution is 0.0404. The molecule has 0 aromatic carbocycles. The average Bonchev–Trinajstić information content (AvgIpc) is 2.85. The van der Waals surface area contributed by atoms with E-state index in [1.54, 1.807) is 11.3 Å². The molecular formula is C14H24N2OS. The van der Waals surface area contributed by atoms with E-state index in [0.717, 1.165) is 30.0 Å². The van der Waals surface area contributed by atoms with Crippen LogP contribution in [0.15, 0.2) is 5.38 Å². The van der Waals surface area contributed by atoms with Gasteiger partial charge in [-0.3, -0.25) is 0 Å². The molecule has 1 aromatic heterocycles. The zero-order chi connectivity index (χ0) is 13.3. The van der Waals surface area contributed by atoms with Crippen molar-refractivity contribution >= 4 is 11.3 Å². The fraction of sp³-hybridized carbons (Fsp3) is 0.786. The molecule has 1 aliphatic heterocycles. The van der Waals surface area contributed by atoms with Crippen LogP contribution in [0.4, 0.5) is 0 Å². The Labute approximate surface area is 114 Å². The van der Waals surface area contributed by atoms with E-state index < -0.39 is 0 Å². The van der Waals surface area contributed by atoms with Gasteiger partial charge in [-0.25, -0.2) is 4.98 Å². The largest absolute Gasteiger partial charge is 0.374 e. The fourth-order valence-electron chi connectivity index (χ4n) is 2.23. The van der Waals surface area contributed by atoms with E-state index in [1.165, 1.54) is 0 Å². The molecule has 1 saturated heterocycles. The Bertz CT molecular complexity index is 397. The van der Waals surface area contributed by atoms with Crippen LogP contribution in [0.25, 0.3) is 0 Å². The Morgan fingerprint density at radius 1 is 1.50 bits per heavy atom. The SMILES string of the molecule is CC1CCC(C(N)Cc2nc(C(C)(C)C)cs2)O1. The molecule has 1 aliphatic rings. The van der Waals surface area contributed by atoms with Crippen LogP contribution in [-0.2, 0) is 16.6 Å². The third-order valence-electron chi connectivity index (χ3n) is 3.47. The number of thiazole rings is 1. The van der Waals surface area contributed by atoms with Gasteiger partial charge in [-0.2, -0.15) is 0 Å². The first kappa shape index (κ1) is 14.0. The van der Waals surface area contributed by atoms with Gasteiger partial charge in [0.2, 0.25) is 0 Å². The minimum Gasteiger partial charge on any atom is -0.374 e. The smallest absolute Gasteiger partial charge is 0.0944 e. The molecule has 102 valence electrons. The van der Waals surface area contributed by atoms with E-state index in [2.05, 4.69) is 33.1 Å². The topological polar surface area (TPSA) is 48.1 Å². The lowest BCUT2D eigenvalue weighted by Gasteiger charge is -2.18. The van der Waals surface area contributed by atoms with E-state index in [1.807, 2.05) is 0 Å². The highest BCUT2D eigenvalue weighted by Crippen LogP contribution is 2.26. The van der Waals surface area contributed by atoms with Crippen molar-refractivity contribution in [2.24, 2.45) is 5.73 Å². The summed E-state index contributed by atoms with van der Waals surface area (Å²) in [5, 5.41) is 3.29. The zero-order valence-corrected chi connectivity index (χ0v) is 12.6. The van der Waals surface area contributed by atoms with Crippen LogP contribution >= 0.6 is 11.3 Å². The number of aromatic nitrogens is 1. The van der Waals surface area contributed by atoms with Crippen molar-refractivity contribution in [3.63, 3.8) is 0 Å². The van der Waals surface area contributed by atoms with Crippen LogP contribution in [0.2, 0.25) is 0 Å². The van der Waals surface area contributed by atoms with Gasteiger partial charge < -0.3 is 10.5 Å². The van der Waals surface area contributed by atoms with Gasteiger partial charge in [0.05, 0.1) is 22.9 Å². The van der Waals surface area contributed by atoms with Gasteiger partial charge in [0.1, 0.15) is 0 Å². The maximum absolute atomic E-state index is 6.23. The predicted molar refractivity (Wildman–Crippen MR) is 76.1 cm³/mol. The second-order valence-corrected chi connectivity index (χ2v) is 7.25. The zero-order valence-electron chi connectivity index (χ0n) is 11.8. The number of nitrogens with zero attached hydrogens (tertiary/aromatic N) is 1. The van der Waals surface area contributed by atoms with Crippen molar-refractivity contribution < 1.29 is 4.74 Å². The molecule has 0 spiro atoms. The van der Waals surface area contributed by atoms with Gasteiger partial charge in [0, 0.05) is 23.3 Å². The summed E-state index contributed by atoms with van der Waals surface area (Å²) in [6, 6.07) is 0.0777. The summed E-state index contributed by atoms with van der Waals surface area (Å²) >= 11 is 1.72. The molecule has 2 N–H and O–H groups in total. The van der Waals surface area contributed by atoms with Gasteiger partial charge in [0.15, 0.2) is 0 Å². The Morgan fingerprint density at radius 3 is 2.72 bits per heavy atom. The number of hydrogen-bond donors (Lipinski definition) is 1. The number of nitrogens with two attached hydrogens (primary N) is 1. The molecule has 4 heteroatoms. The lowest BCUT2D eigenvalue weighted by Crippen LogP contribution is -2.36. The molecule has 0 radical (unpaired) electrons. The van der Waals surface area contributed by atoms with Crippen molar-refractivity contribution in [3.8, 4) is 0 Å². The summed E-state index contributed by atoms with van der Waals surface area (Å²) in [6.07, 6.45) is 3.62. The van der Waals surface area contributed by atoms with E-state index in [9.17, 15) is 0 Å². The van der Waals surface area contributed by atoms with Gasteiger partial charge in [-0.1, -0.05) is 20.8 Å². The van der Waals surface area contributed by atoms with E-state index in [0.29, 0.717) is 6.10 Å². The maximum atomic E-state index is 6.23. The van der Waals surface area contributed by atoms with Crippen molar-refractivity contribution in [1.82, 2.24) is 4.98 Å². The Kier molecular flexibility index (Phi) is 4.09. The van der Waals surface area contributed by atoms with E-state index >= 15 is 0 Å². The standard InChI is InChI=1S/C14H24N2OS/c1-9-5-6-11(17-9)10(15)7-13-16-12(8-18-13)14(2,3)4/h8-11H,5-7,15H2,1-4H3. The van der Waals surface area contributed by atoms with Crippen LogP contribution in [0.3, 0.4) is 0 Å². The number of ether oxygens (including phenoxy) is 1. The van der Waals surface area contributed by atoms with Crippen LogP contribution in [0.1, 0.15) is 51.2 Å². The molecule has 0 aliphatic carbocycles. The fourth-order valence-corrected chi connectivity index (χ4v) is 3.32. The molecule has 1 fully saturated rings. The highest BCUT2D eigenvalue weighted by Gasteiger charge is 2.28. The monoisotopic (exact) mass is 268 g/mol. The summed E-state index contributed by atoms with van der Waals surface area (Å²) in [5.41, 5.74) is 7.52. The normalized spacial score (nSPS) is 26.5. The van der Waals surface area contributed by atoms with Crippen molar-refractivity contribution in [3.05, 3.63) is 16.1 Å². The Hall–Kier alpha value is -0.450. The third kappa shape index (κ3) is 3.31. The Morgan fingerprint density at radius 2 is 2.22 bits per heavy atom. The van der Waals surface area contributed by atoms with Crippen molar-refractivity contribution in [2.75, 3.05) is 0 Å². The molecule has 1 aromatic rings. The van der Waals surface area contributed by atoms with Gasteiger partial charge in [-0.05, 0) is 19.8 Å². The molecule has 18 heavy (non-hydrogen) atoms. The van der Waals surface area contributed by atoms with E-state index in [4.69, 9.17) is 15.5 Å².